The van der Waals surface area contributed by atoms with Gasteiger partial charge in [-0.2, -0.15) is 12.6 Å². The van der Waals surface area contributed by atoms with Gasteiger partial charge in [-0.15, -0.1) is 11.8 Å². The zero-order chi connectivity index (χ0) is 21.2. The Balaban J connectivity index is 2.27. The summed E-state index contributed by atoms with van der Waals surface area (Å²) in [5, 5.41) is 89.8. The van der Waals surface area contributed by atoms with Crippen LogP contribution in [0.4, 0.5) is 0 Å². The highest BCUT2D eigenvalue weighted by molar-refractivity contribution is 8.00. The Morgan fingerprint density at radius 2 is 1.54 bits per heavy atom. The van der Waals surface area contributed by atoms with E-state index in [0.29, 0.717) is 0 Å². The minimum Gasteiger partial charge on any atom is -0.395 e. The molecule has 11 nitrogen and oxygen atoms in total. The molecule has 2 heterocycles. The molecule has 13 heteroatoms. The van der Waals surface area contributed by atoms with Crippen LogP contribution in [0, 0.1) is 0 Å². The van der Waals surface area contributed by atoms with Gasteiger partial charge in [-0.1, -0.05) is 0 Å². The fourth-order valence-electron chi connectivity index (χ4n) is 3.39. The maximum atomic E-state index is 11.1. The van der Waals surface area contributed by atoms with Crippen LogP contribution in [0.1, 0.15) is 0 Å². The number of thioether (sulfide) groups is 1. The topological polar surface area (TPSA) is 201 Å². The smallest absolute Gasteiger partial charge is 0.150 e. The molecule has 0 aromatic rings. The van der Waals surface area contributed by atoms with Crippen LogP contribution in [0.15, 0.2) is 0 Å². The zero-order valence-corrected chi connectivity index (χ0v) is 16.5. The average molecular weight is 449 g/mol. The van der Waals surface area contributed by atoms with E-state index in [9.17, 15) is 40.9 Å². The first-order valence-corrected chi connectivity index (χ1v) is 10.3. The summed E-state index contributed by atoms with van der Waals surface area (Å²) in [5.41, 5.74) is -3.67. The van der Waals surface area contributed by atoms with Crippen LogP contribution < -0.4 is 0 Å². The fraction of sp³-hybridized carbons (Fsp3) is 1.00. The largest absolute Gasteiger partial charge is 0.395 e. The molecule has 1 unspecified atom stereocenters. The van der Waals surface area contributed by atoms with E-state index in [2.05, 4.69) is 12.6 Å². The number of aliphatic hydroxyl groups excluding tert-OH is 8. The van der Waals surface area contributed by atoms with Gasteiger partial charge in [0.15, 0.2) is 5.60 Å². The van der Waals surface area contributed by atoms with Gasteiger partial charge in [-0.25, -0.2) is 0 Å². The Morgan fingerprint density at radius 3 is 2.07 bits per heavy atom. The quantitative estimate of drug-likeness (QED) is 0.167. The Hall–Kier alpha value is 0.260. The van der Waals surface area contributed by atoms with Gasteiger partial charge >= 0.3 is 0 Å². The highest BCUT2D eigenvalue weighted by Gasteiger charge is 2.63. The second-order valence-corrected chi connectivity index (χ2v) is 8.78. The molecule has 2 saturated heterocycles. The van der Waals surface area contributed by atoms with E-state index in [1.54, 1.807) is 0 Å². The molecule has 166 valence electrons. The fourth-order valence-corrected chi connectivity index (χ4v) is 4.72. The van der Waals surface area contributed by atoms with Crippen molar-refractivity contribution in [2.24, 2.45) is 0 Å². The SMILES string of the molecule is OCC(S)CS[C@@H]1O[C@H](CO)[C@](O)([C@@H]2O[C@H](CO)[C@@H](O)[C@H](O)[C@H]2O)[C@H](O)[C@H]1O. The Labute approximate surface area is 170 Å². The lowest BCUT2D eigenvalue weighted by Crippen LogP contribution is -2.76. The summed E-state index contributed by atoms with van der Waals surface area (Å²) < 4.78 is 10.8. The molecular formula is C15H28O11S2. The molecule has 0 bridgehead atoms. The summed E-state index contributed by atoms with van der Waals surface area (Å²) in [5.74, 6) is 0.227. The third-order valence-corrected chi connectivity index (χ3v) is 6.97. The first-order chi connectivity index (χ1) is 13.1. The van der Waals surface area contributed by atoms with Crippen molar-refractivity contribution in [2.45, 2.75) is 65.1 Å². The number of hydrogen-bond donors (Lipinski definition) is 10. The van der Waals surface area contributed by atoms with Gasteiger partial charge in [-0.05, 0) is 0 Å². The van der Waals surface area contributed by atoms with Crippen molar-refractivity contribution in [1.82, 2.24) is 0 Å². The molecule has 11 atom stereocenters. The summed E-state index contributed by atoms with van der Waals surface area (Å²) >= 11 is 5.09. The van der Waals surface area contributed by atoms with Crippen LogP contribution in [0.2, 0.25) is 0 Å². The zero-order valence-electron chi connectivity index (χ0n) is 14.8. The van der Waals surface area contributed by atoms with Crippen LogP contribution in [-0.4, -0.2) is 137 Å². The number of aliphatic hydroxyl groups is 9. The van der Waals surface area contributed by atoms with Crippen LogP contribution in [0.3, 0.4) is 0 Å². The molecule has 2 aliphatic heterocycles. The minimum absolute atomic E-state index is 0.227. The van der Waals surface area contributed by atoms with Gasteiger partial charge in [0.1, 0.15) is 54.3 Å². The monoisotopic (exact) mass is 448 g/mol. The summed E-state index contributed by atoms with van der Waals surface area (Å²) in [6.07, 6.45) is -13.8. The third kappa shape index (κ3) is 4.46. The second-order valence-electron chi connectivity index (χ2n) is 6.92. The minimum atomic E-state index is -2.57. The van der Waals surface area contributed by atoms with E-state index in [1.807, 2.05) is 0 Å². The van der Waals surface area contributed by atoms with Gasteiger partial charge < -0.3 is 55.4 Å². The lowest BCUT2D eigenvalue weighted by molar-refractivity contribution is -0.337. The molecule has 0 aromatic heterocycles. The molecule has 2 fully saturated rings. The van der Waals surface area contributed by atoms with E-state index < -0.39 is 78.3 Å². The lowest BCUT2D eigenvalue weighted by Gasteiger charge is -2.54. The molecule has 0 amide bonds. The predicted octanol–water partition coefficient (Wildman–Crippen LogP) is -4.98. The number of thiol groups is 1. The highest BCUT2D eigenvalue weighted by Crippen LogP contribution is 2.41. The van der Waals surface area contributed by atoms with Crippen molar-refractivity contribution in [3.05, 3.63) is 0 Å². The van der Waals surface area contributed by atoms with Crippen molar-refractivity contribution in [3.8, 4) is 0 Å². The van der Waals surface area contributed by atoms with Crippen LogP contribution in [-0.2, 0) is 9.47 Å². The van der Waals surface area contributed by atoms with E-state index in [-0.39, 0.29) is 12.4 Å². The van der Waals surface area contributed by atoms with Crippen LogP contribution in [0.25, 0.3) is 0 Å². The Morgan fingerprint density at radius 1 is 0.893 bits per heavy atom. The van der Waals surface area contributed by atoms with E-state index in [0.717, 1.165) is 11.8 Å². The average Bonchev–Trinajstić information content (AvgIpc) is 2.69. The van der Waals surface area contributed by atoms with Crippen molar-refractivity contribution in [3.63, 3.8) is 0 Å². The summed E-state index contributed by atoms with van der Waals surface area (Å²) in [7, 11) is 0. The molecule has 9 N–H and O–H groups in total. The van der Waals surface area contributed by atoms with Crippen molar-refractivity contribution < 1.29 is 55.4 Å². The molecule has 0 aliphatic carbocycles. The van der Waals surface area contributed by atoms with Crippen molar-refractivity contribution >= 4 is 24.4 Å². The van der Waals surface area contributed by atoms with Gasteiger partial charge in [0.2, 0.25) is 0 Å². The molecule has 0 spiro atoms. The van der Waals surface area contributed by atoms with Gasteiger partial charge in [-0.3, -0.25) is 0 Å². The van der Waals surface area contributed by atoms with Crippen LogP contribution >= 0.6 is 24.4 Å². The molecule has 0 aromatic carbocycles. The lowest BCUT2D eigenvalue weighted by atomic mass is 9.75. The number of hydrogen-bond acceptors (Lipinski definition) is 13. The summed E-state index contributed by atoms with van der Waals surface area (Å²) in [6.45, 7) is -1.83. The molecule has 28 heavy (non-hydrogen) atoms. The van der Waals surface area contributed by atoms with Gasteiger partial charge in [0.25, 0.3) is 0 Å². The van der Waals surface area contributed by atoms with Gasteiger partial charge in [0.05, 0.1) is 19.8 Å². The Kier molecular flexibility index (Phi) is 8.80. The van der Waals surface area contributed by atoms with E-state index in [1.165, 1.54) is 0 Å². The number of ether oxygens (including phenoxy) is 2. The van der Waals surface area contributed by atoms with Crippen LogP contribution in [0.5, 0.6) is 0 Å². The second kappa shape index (κ2) is 10.0. The maximum absolute atomic E-state index is 11.1. The van der Waals surface area contributed by atoms with Crippen molar-refractivity contribution in [2.75, 3.05) is 25.6 Å². The molecule has 0 radical (unpaired) electrons. The standard InChI is InChI=1S/C15H28O11S2/c16-1-5(27)4-28-14-11(22)12(23)15(24,7(3-18)26-14)13-10(21)9(20)8(19)6(2-17)25-13/h5-14,16-24,27H,1-4H2/t5?,6-,7-,8-,9+,10-,11-,12-,13-,14+,15-/m1/s1. The molecular weight excluding hydrogens is 420 g/mol. The first-order valence-electron chi connectivity index (χ1n) is 8.69. The third-order valence-electron chi connectivity index (χ3n) is 5.07. The Bertz CT molecular complexity index is 497. The van der Waals surface area contributed by atoms with E-state index in [4.69, 9.17) is 14.6 Å². The summed E-state index contributed by atoms with van der Waals surface area (Å²) in [6, 6.07) is 0. The maximum Gasteiger partial charge on any atom is 0.150 e. The first kappa shape index (κ1) is 24.5. The molecule has 2 aliphatic rings. The van der Waals surface area contributed by atoms with Crippen molar-refractivity contribution in [1.29, 1.82) is 0 Å². The number of rotatable bonds is 7. The molecule has 2 rings (SSSR count). The molecule has 0 saturated carbocycles. The van der Waals surface area contributed by atoms with E-state index >= 15 is 0 Å². The normalized spacial score (nSPS) is 48.4. The predicted molar refractivity (Wildman–Crippen MR) is 98.8 cm³/mol. The van der Waals surface area contributed by atoms with Gasteiger partial charge in [0, 0.05) is 11.0 Å². The highest BCUT2D eigenvalue weighted by atomic mass is 32.2. The summed E-state index contributed by atoms with van der Waals surface area (Å²) in [4.78, 5) is 0.